The maximum Gasteiger partial charge on any atom is 0.315 e. The molecule has 1 aromatic rings. The molecule has 0 heterocycles. The van der Waals surface area contributed by atoms with Crippen LogP contribution in [0.1, 0.15) is 37.4 Å². The molecule has 126 valence electrons. The average molecular weight is 341 g/mol. The molecular weight excluding hydrogens is 320 g/mol. The van der Waals surface area contributed by atoms with E-state index in [1.54, 1.807) is 24.3 Å². The second-order valence-corrected chi connectivity index (χ2v) is 6.25. The third-order valence-corrected chi connectivity index (χ3v) is 4.34. The summed E-state index contributed by atoms with van der Waals surface area (Å²) in [5, 5.41) is 24.9. The molecule has 2 amide bonds. The van der Waals surface area contributed by atoms with Crippen LogP contribution in [-0.4, -0.2) is 34.8 Å². The van der Waals surface area contributed by atoms with Crippen molar-refractivity contribution in [2.75, 3.05) is 6.54 Å². The van der Waals surface area contributed by atoms with Crippen LogP contribution >= 0.6 is 11.6 Å². The zero-order chi connectivity index (χ0) is 16.8. The van der Waals surface area contributed by atoms with Crippen LogP contribution in [0.4, 0.5) is 4.79 Å². The summed E-state index contributed by atoms with van der Waals surface area (Å²) in [6, 6.07) is 6.47. The summed E-state index contributed by atoms with van der Waals surface area (Å²) < 4.78 is 0. The molecule has 1 unspecified atom stereocenters. The second-order valence-electron chi connectivity index (χ2n) is 5.81. The van der Waals surface area contributed by atoms with Crippen molar-refractivity contribution < 1.29 is 19.8 Å². The van der Waals surface area contributed by atoms with Gasteiger partial charge in [0.2, 0.25) is 0 Å². The molecule has 1 aliphatic carbocycles. The number of amides is 2. The second kappa shape index (κ2) is 8.17. The Morgan fingerprint density at radius 3 is 2.57 bits per heavy atom. The molecule has 23 heavy (non-hydrogen) atoms. The number of carbonyl (C=O) groups excluding carboxylic acids is 1. The minimum absolute atomic E-state index is 0.0195. The molecule has 6 nitrogen and oxygen atoms in total. The average Bonchev–Trinajstić information content (AvgIpc) is 2.53. The molecule has 1 atom stereocenters. The van der Waals surface area contributed by atoms with Crippen LogP contribution in [0.5, 0.6) is 0 Å². The summed E-state index contributed by atoms with van der Waals surface area (Å²) in [6.45, 7) is 0.0800. The van der Waals surface area contributed by atoms with Gasteiger partial charge in [0.15, 0.2) is 0 Å². The number of hydrogen-bond acceptors (Lipinski definition) is 3. The number of aliphatic carboxylic acids is 1. The Bertz CT molecular complexity index is 559. The molecule has 0 spiro atoms. The lowest BCUT2D eigenvalue weighted by Gasteiger charge is -2.27. The Kier molecular flexibility index (Phi) is 6.24. The summed E-state index contributed by atoms with van der Waals surface area (Å²) in [6.07, 6.45) is 1.63. The number of carboxylic acids is 1. The first-order valence-electron chi connectivity index (χ1n) is 7.66. The van der Waals surface area contributed by atoms with Crippen molar-refractivity contribution in [2.24, 2.45) is 5.92 Å². The molecule has 0 radical (unpaired) electrons. The zero-order valence-corrected chi connectivity index (χ0v) is 13.4. The maximum atomic E-state index is 11.9. The van der Waals surface area contributed by atoms with Gasteiger partial charge in [0.1, 0.15) is 0 Å². The first-order chi connectivity index (χ1) is 11.0. The number of carbonyl (C=O) groups is 2. The largest absolute Gasteiger partial charge is 0.481 e. The highest BCUT2D eigenvalue weighted by molar-refractivity contribution is 6.30. The van der Waals surface area contributed by atoms with Crippen LogP contribution in [0, 0.1) is 5.92 Å². The molecule has 0 bridgehead atoms. The van der Waals surface area contributed by atoms with Crippen LogP contribution in [-0.2, 0) is 4.79 Å². The Morgan fingerprint density at radius 2 is 1.96 bits per heavy atom. The van der Waals surface area contributed by atoms with Crippen molar-refractivity contribution in [1.29, 1.82) is 0 Å². The fourth-order valence-electron chi connectivity index (χ4n) is 2.74. The fourth-order valence-corrected chi connectivity index (χ4v) is 2.94. The predicted octanol–water partition coefficient (Wildman–Crippen LogP) is 2.32. The lowest BCUT2D eigenvalue weighted by molar-refractivity contribution is -0.142. The molecule has 1 fully saturated rings. The highest BCUT2D eigenvalue weighted by Gasteiger charge is 2.26. The SMILES string of the molecule is O=C(NCC(O)c1cccc(Cl)c1)NC1CCC(C(=O)O)CC1. The van der Waals surface area contributed by atoms with E-state index in [0.29, 0.717) is 36.3 Å². The minimum atomic E-state index is -0.831. The first-order valence-corrected chi connectivity index (χ1v) is 8.04. The number of hydrogen-bond donors (Lipinski definition) is 4. The highest BCUT2D eigenvalue weighted by atomic mass is 35.5. The van der Waals surface area contributed by atoms with Crippen molar-refractivity contribution in [3.05, 3.63) is 34.9 Å². The molecular formula is C16H21ClN2O4. The van der Waals surface area contributed by atoms with Gasteiger partial charge >= 0.3 is 12.0 Å². The molecule has 0 aromatic heterocycles. The van der Waals surface area contributed by atoms with E-state index in [9.17, 15) is 14.7 Å². The minimum Gasteiger partial charge on any atom is -0.481 e. The monoisotopic (exact) mass is 340 g/mol. The van der Waals surface area contributed by atoms with Crippen molar-refractivity contribution >= 4 is 23.6 Å². The van der Waals surface area contributed by atoms with Gasteiger partial charge in [0, 0.05) is 17.6 Å². The van der Waals surface area contributed by atoms with Crippen LogP contribution < -0.4 is 10.6 Å². The molecule has 4 N–H and O–H groups in total. The van der Waals surface area contributed by atoms with E-state index in [1.807, 2.05) is 0 Å². The van der Waals surface area contributed by atoms with E-state index in [0.717, 1.165) is 0 Å². The van der Waals surface area contributed by atoms with Gasteiger partial charge in [-0.05, 0) is 43.4 Å². The molecule has 7 heteroatoms. The van der Waals surface area contributed by atoms with E-state index in [2.05, 4.69) is 10.6 Å². The van der Waals surface area contributed by atoms with Gasteiger partial charge in [0.05, 0.1) is 12.0 Å². The number of aliphatic hydroxyl groups is 1. The quantitative estimate of drug-likeness (QED) is 0.661. The number of halogens is 1. The zero-order valence-electron chi connectivity index (χ0n) is 12.7. The van der Waals surface area contributed by atoms with Crippen molar-refractivity contribution in [2.45, 2.75) is 37.8 Å². The van der Waals surface area contributed by atoms with Crippen LogP contribution in [0.15, 0.2) is 24.3 Å². The maximum absolute atomic E-state index is 11.9. The van der Waals surface area contributed by atoms with Crippen LogP contribution in [0.25, 0.3) is 0 Å². The van der Waals surface area contributed by atoms with E-state index in [4.69, 9.17) is 16.7 Å². The van der Waals surface area contributed by atoms with Crippen molar-refractivity contribution in [3.8, 4) is 0 Å². The molecule has 1 aliphatic rings. The van der Waals surface area contributed by atoms with E-state index >= 15 is 0 Å². The third-order valence-electron chi connectivity index (χ3n) is 4.10. The number of rotatable bonds is 5. The summed E-state index contributed by atoms with van der Waals surface area (Å²) in [5.41, 5.74) is 0.639. The Balaban J connectivity index is 1.72. The Morgan fingerprint density at radius 1 is 1.26 bits per heavy atom. The number of benzene rings is 1. The van der Waals surface area contributed by atoms with Crippen LogP contribution in [0.3, 0.4) is 0 Å². The van der Waals surface area contributed by atoms with Gasteiger partial charge in [-0.1, -0.05) is 23.7 Å². The smallest absolute Gasteiger partial charge is 0.315 e. The fraction of sp³-hybridized carbons (Fsp3) is 0.500. The van der Waals surface area contributed by atoms with Crippen molar-refractivity contribution in [3.63, 3.8) is 0 Å². The number of urea groups is 1. The summed E-state index contributed by atoms with van der Waals surface area (Å²) >= 11 is 5.86. The predicted molar refractivity (Wildman–Crippen MR) is 86.3 cm³/mol. The van der Waals surface area contributed by atoms with Gasteiger partial charge in [-0.3, -0.25) is 4.79 Å². The van der Waals surface area contributed by atoms with Crippen LogP contribution in [0.2, 0.25) is 5.02 Å². The van der Waals surface area contributed by atoms with Crippen molar-refractivity contribution in [1.82, 2.24) is 10.6 Å². The standard InChI is InChI=1S/C16H21ClN2O4/c17-12-3-1-2-11(8-12)14(20)9-18-16(23)19-13-6-4-10(5-7-13)15(21)22/h1-3,8,10,13-14,20H,4-7,9H2,(H,21,22)(H2,18,19,23). The van der Waals surface area contributed by atoms with Gasteiger partial charge < -0.3 is 20.8 Å². The number of nitrogens with one attached hydrogen (secondary N) is 2. The van der Waals surface area contributed by atoms with Gasteiger partial charge in [0.25, 0.3) is 0 Å². The lowest BCUT2D eigenvalue weighted by atomic mass is 9.86. The summed E-state index contributed by atoms with van der Waals surface area (Å²) in [5.74, 6) is -1.07. The first kappa shape index (κ1) is 17.6. The number of aliphatic hydroxyl groups excluding tert-OH is 1. The van der Waals surface area contributed by atoms with Gasteiger partial charge in [-0.25, -0.2) is 4.79 Å². The van der Waals surface area contributed by atoms with Gasteiger partial charge in [-0.2, -0.15) is 0 Å². The summed E-state index contributed by atoms with van der Waals surface area (Å²) in [4.78, 5) is 22.7. The number of carboxylic acid groups (broad SMARTS) is 1. The Hall–Kier alpha value is -1.79. The normalized spacial score (nSPS) is 22.2. The van der Waals surface area contributed by atoms with E-state index in [1.165, 1.54) is 0 Å². The van der Waals surface area contributed by atoms with E-state index < -0.39 is 12.1 Å². The van der Waals surface area contributed by atoms with Gasteiger partial charge in [-0.15, -0.1) is 0 Å². The molecule has 0 aliphatic heterocycles. The molecule has 1 aromatic carbocycles. The summed E-state index contributed by atoms with van der Waals surface area (Å²) in [7, 11) is 0. The topological polar surface area (TPSA) is 98.7 Å². The third kappa shape index (κ3) is 5.41. The highest BCUT2D eigenvalue weighted by Crippen LogP contribution is 2.24. The molecule has 2 rings (SSSR count). The Labute approximate surface area is 139 Å². The molecule has 0 saturated heterocycles. The molecule has 1 saturated carbocycles. The lowest BCUT2D eigenvalue weighted by Crippen LogP contribution is -2.45. The van der Waals surface area contributed by atoms with E-state index in [-0.39, 0.29) is 24.5 Å².